The fraction of sp³-hybridized carbons (Fsp3) is 0.150. The first-order chi connectivity index (χ1) is 12.4. The van der Waals surface area contributed by atoms with Crippen LogP contribution in [0, 0.1) is 0 Å². The lowest BCUT2D eigenvalue weighted by atomic mass is 9.94. The van der Waals surface area contributed by atoms with Gasteiger partial charge in [-0.05, 0) is 29.3 Å². The van der Waals surface area contributed by atoms with Gasteiger partial charge in [-0.3, -0.25) is 4.79 Å². The van der Waals surface area contributed by atoms with Gasteiger partial charge >= 0.3 is 13.6 Å². The van der Waals surface area contributed by atoms with Crippen LogP contribution < -0.4 is 4.52 Å². The Balaban J connectivity index is 2.02. The molecule has 2 atom stereocenters. The third-order valence-corrected chi connectivity index (χ3v) is 5.45. The van der Waals surface area contributed by atoms with Crippen LogP contribution in [0.25, 0.3) is 10.8 Å². The zero-order valence-corrected chi connectivity index (χ0v) is 15.1. The molecule has 2 N–H and O–H groups in total. The van der Waals surface area contributed by atoms with Crippen LogP contribution in [0.4, 0.5) is 0 Å². The Kier molecular flexibility index (Phi) is 5.12. The molecule has 134 valence electrons. The second-order valence-electron chi connectivity index (χ2n) is 6.13. The monoisotopic (exact) mass is 370 g/mol. The number of rotatable bonds is 6. The van der Waals surface area contributed by atoms with E-state index in [4.69, 9.17) is 4.52 Å². The van der Waals surface area contributed by atoms with Gasteiger partial charge in [0.15, 0.2) is 0 Å². The normalized spacial score (nSPS) is 14.5. The average Bonchev–Trinajstić information content (AvgIpc) is 2.61. The van der Waals surface area contributed by atoms with Crippen molar-refractivity contribution >= 4 is 24.3 Å². The van der Waals surface area contributed by atoms with Crippen LogP contribution in [-0.4, -0.2) is 16.0 Å². The molecule has 0 bridgehead atoms. The Morgan fingerprint density at radius 3 is 2.38 bits per heavy atom. The molecule has 0 saturated heterocycles. The highest BCUT2D eigenvalue weighted by Gasteiger charge is 2.27. The molecule has 0 amide bonds. The van der Waals surface area contributed by atoms with Crippen LogP contribution in [0.1, 0.15) is 24.0 Å². The van der Waals surface area contributed by atoms with Crippen molar-refractivity contribution in [3.05, 3.63) is 77.9 Å². The minimum absolute atomic E-state index is 0.125. The smallest absolute Gasteiger partial charge is 0.380 e. The molecule has 5 nitrogen and oxygen atoms in total. The minimum Gasteiger partial charge on any atom is -0.481 e. The van der Waals surface area contributed by atoms with E-state index in [-0.39, 0.29) is 11.9 Å². The number of carboxylic acids is 1. The maximum absolute atomic E-state index is 12.6. The van der Waals surface area contributed by atoms with Gasteiger partial charge in [0.1, 0.15) is 5.75 Å². The van der Waals surface area contributed by atoms with Crippen molar-refractivity contribution in [2.75, 3.05) is 0 Å². The molecule has 26 heavy (non-hydrogen) atoms. The first-order valence-electron chi connectivity index (χ1n) is 8.17. The van der Waals surface area contributed by atoms with Gasteiger partial charge in [0.25, 0.3) is 0 Å². The minimum atomic E-state index is -4.00. The summed E-state index contributed by atoms with van der Waals surface area (Å²) < 4.78 is 18.1. The van der Waals surface area contributed by atoms with E-state index >= 15 is 0 Å². The molecule has 3 aromatic carbocycles. The summed E-state index contributed by atoms with van der Waals surface area (Å²) in [5.74, 6) is -1.78. The molecule has 6 heteroatoms. The van der Waals surface area contributed by atoms with Crippen molar-refractivity contribution in [2.45, 2.75) is 19.0 Å². The zero-order chi connectivity index (χ0) is 18.7. The molecule has 0 fully saturated rings. The van der Waals surface area contributed by atoms with Gasteiger partial charge in [-0.2, -0.15) is 0 Å². The van der Waals surface area contributed by atoms with Gasteiger partial charge in [0, 0.05) is 5.56 Å². The van der Waals surface area contributed by atoms with Gasteiger partial charge in [-0.15, -0.1) is 0 Å². The zero-order valence-electron chi connectivity index (χ0n) is 14.2. The molecule has 0 radical (unpaired) electrons. The van der Waals surface area contributed by atoms with Gasteiger partial charge in [0.05, 0.1) is 12.1 Å². The van der Waals surface area contributed by atoms with E-state index < -0.39 is 19.5 Å². The number of hydrogen-bond donors (Lipinski definition) is 2. The number of aliphatic carboxylic acids is 1. The number of benzene rings is 3. The fourth-order valence-electron chi connectivity index (χ4n) is 2.93. The van der Waals surface area contributed by atoms with Crippen molar-refractivity contribution in [1.29, 1.82) is 0 Å². The molecule has 0 spiro atoms. The predicted octanol–water partition coefficient (Wildman–Crippen LogP) is 4.79. The SMILES string of the molecule is CC(C(=O)O)c1c(OP(=O)(O)Cc2ccccc2)ccc2ccccc12. The lowest BCUT2D eigenvalue weighted by Gasteiger charge is -2.20. The summed E-state index contributed by atoms with van der Waals surface area (Å²) in [6.45, 7) is 1.54. The molecule has 0 heterocycles. The number of hydrogen-bond acceptors (Lipinski definition) is 3. The molecule has 0 aliphatic carbocycles. The third-order valence-electron chi connectivity index (χ3n) is 4.20. The van der Waals surface area contributed by atoms with Crippen molar-refractivity contribution in [1.82, 2.24) is 0 Å². The number of fused-ring (bicyclic) bond motifs is 1. The van der Waals surface area contributed by atoms with Crippen LogP contribution in [0.3, 0.4) is 0 Å². The van der Waals surface area contributed by atoms with Crippen LogP contribution in [0.2, 0.25) is 0 Å². The summed E-state index contributed by atoms with van der Waals surface area (Å²) in [6.07, 6.45) is -0.151. The average molecular weight is 370 g/mol. The highest BCUT2D eigenvalue weighted by Crippen LogP contribution is 2.49. The Morgan fingerprint density at radius 2 is 1.69 bits per heavy atom. The molecular weight excluding hydrogens is 351 g/mol. The molecule has 2 unspecified atom stereocenters. The lowest BCUT2D eigenvalue weighted by molar-refractivity contribution is -0.138. The standard InChI is InChI=1S/C20H19O5P/c1-14(20(21)22)19-17-10-6-5-9-16(17)11-12-18(19)25-26(23,24)13-15-7-3-2-4-8-15/h2-12,14H,13H2,1H3,(H,21,22)(H,23,24). The van der Waals surface area contributed by atoms with E-state index in [0.29, 0.717) is 16.5 Å². The van der Waals surface area contributed by atoms with E-state index in [1.54, 1.807) is 48.5 Å². The highest BCUT2D eigenvalue weighted by atomic mass is 31.2. The number of carboxylic acid groups (broad SMARTS) is 1. The fourth-order valence-corrected chi connectivity index (χ4v) is 4.13. The van der Waals surface area contributed by atoms with E-state index in [1.165, 1.54) is 6.92 Å². The molecule has 0 aromatic heterocycles. The molecule has 3 rings (SSSR count). The van der Waals surface area contributed by atoms with E-state index in [9.17, 15) is 19.4 Å². The first-order valence-corrected chi connectivity index (χ1v) is 9.93. The molecular formula is C20H19O5P. The highest BCUT2D eigenvalue weighted by molar-refractivity contribution is 7.52. The number of carbonyl (C=O) groups is 1. The molecule has 0 aliphatic rings. The molecule has 3 aromatic rings. The Labute approximate surface area is 151 Å². The van der Waals surface area contributed by atoms with E-state index in [1.807, 2.05) is 18.2 Å². The van der Waals surface area contributed by atoms with Crippen LogP contribution in [0.15, 0.2) is 66.7 Å². The van der Waals surface area contributed by atoms with E-state index in [0.717, 1.165) is 5.39 Å². The van der Waals surface area contributed by atoms with Crippen LogP contribution in [0.5, 0.6) is 5.75 Å². The summed E-state index contributed by atoms with van der Waals surface area (Å²) in [6, 6.07) is 19.5. The van der Waals surface area contributed by atoms with Crippen molar-refractivity contribution in [2.24, 2.45) is 0 Å². The first kappa shape index (κ1) is 18.2. The van der Waals surface area contributed by atoms with Crippen molar-refractivity contribution < 1.29 is 23.9 Å². The van der Waals surface area contributed by atoms with Crippen molar-refractivity contribution in [3.8, 4) is 5.75 Å². The second-order valence-corrected chi connectivity index (χ2v) is 7.90. The largest absolute Gasteiger partial charge is 0.481 e. The summed E-state index contributed by atoms with van der Waals surface area (Å²) in [5.41, 5.74) is 1.07. The molecule has 0 saturated carbocycles. The second kappa shape index (κ2) is 7.32. The lowest BCUT2D eigenvalue weighted by Crippen LogP contribution is -2.10. The summed E-state index contributed by atoms with van der Waals surface area (Å²) in [5, 5.41) is 11.0. The van der Waals surface area contributed by atoms with E-state index in [2.05, 4.69) is 0 Å². The maximum Gasteiger partial charge on any atom is 0.380 e. The summed E-state index contributed by atoms with van der Waals surface area (Å²) in [7, 11) is -4.00. The maximum atomic E-state index is 12.6. The Bertz CT molecular complexity index is 984. The quantitative estimate of drug-likeness (QED) is 0.610. The topological polar surface area (TPSA) is 83.8 Å². The molecule has 0 aliphatic heterocycles. The van der Waals surface area contributed by atoms with Gasteiger partial charge in [0.2, 0.25) is 0 Å². The van der Waals surface area contributed by atoms with Gasteiger partial charge in [-0.25, -0.2) is 4.57 Å². The Morgan fingerprint density at radius 1 is 1.04 bits per heavy atom. The third kappa shape index (κ3) is 3.96. The van der Waals surface area contributed by atoms with Crippen molar-refractivity contribution in [3.63, 3.8) is 0 Å². The summed E-state index contributed by atoms with van der Waals surface area (Å²) in [4.78, 5) is 21.9. The Hall–Kier alpha value is -2.62. The van der Waals surface area contributed by atoms with Crippen LogP contribution >= 0.6 is 7.60 Å². The van der Waals surface area contributed by atoms with Gasteiger partial charge in [-0.1, -0.05) is 60.7 Å². The summed E-state index contributed by atoms with van der Waals surface area (Å²) >= 11 is 0. The van der Waals surface area contributed by atoms with Crippen LogP contribution in [-0.2, 0) is 15.5 Å². The predicted molar refractivity (Wildman–Crippen MR) is 101 cm³/mol. The van der Waals surface area contributed by atoms with Gasteiger partial charge < -0.3 is 14.5 Å².